The zero-order chi connectivity index (χ0) is 17.9. The zero-order valence-electron chi connectivity index (χ0n) is 13.6. The van der Waals surface area contributed by atoms with Crippen LogP contribution in [0.1, 0.15) is 30.5 Å². The number of aliphatic hydroxyl groups is 1. The molecule has 0 spiro atoms. The van der Waals surface area contributed by atoms with Crippen molar-refractivity contribution in [3.63, 3.8) is 0 Å². The maximum absolute atomic E-state index is 12.0. The fourth-order valence-electron chi connectivity index (χ4n) is 2.94. The summed E-state index contributed by atoms with van der Waals surface area (Å²) in [6.07, 6.45) is 0.496. The Kier molecular flexibility index (Phi) is 6.46. The molecule has 0 aliphatic heterocycles. The number of aliphatic hydroxyl groups excluding tert-OH is 1. The van der Waals surface area contributed by atoms with Crippen molar-refractivity contribution in [2.45, 2.75) is 31.9 Å². The molecule has 2 atom stereocenters. The first-order valence-electron chi connectivity index (χ1n) is 7.77. The molecule has 6 nitrogen and oxygen atoms in total. The number of imide groups is 1. The molecule has 1 aromatic rings. The summed E-state index contributed by atoms with van der Waals surface area (Å²) < 4.78 is 0. The van der Waals surface area contributed by atoms with Crippen molar-refractivity contribution in [1.82, 2.24) is 15.5 Å². The lowest BCUT2D eigenvalue weighted by molar-refractivity contribution is -0.121. The Morgan fingerprint density at radius 1 is 1.38 bits per heavy atom. The van der Waals surface area contributed by atoms with E-state index in [-0.39, 0.29) is 6.54 Å². The van der Waals surface area contributed by atoms with Gasteiger partial charge in [0.25, 0.3) is 0 Å². The van der Waals surface area contributed by atoms with Crippen LogP contribution < -0.4 is 10.6 Å². The molecule has 0 bridgehead atoms. The standard InChI is InChI=1S/C16H21Cl2N3O3/c1-3-4-19-16(24)20-14(23)8-21(2)15-11-5-9(17)6-12(18)10(11)7-13(15)22/h5-6,13,15,22H,3-4,7-8H2,1-2H3,(H2,19,20,23,24)/t13-,15-/m1/s1. The number of carbonyl (C=O) groups excluding carboxylic acids is 2. The fourth-order valence-corrected chi connectivity index (χ4v) is 3.52. The van der Waals surface area contributed by atoms with E-state index in [4.69, 9.17) is 23.2 Å². The number of benzene rings is 1. The van der Waals surface area contributed by atoms with Crippen LogP contribution in [0.2, 0.25) is 10.0 Å². The first-order valence-corrected chi connectivity index (χ1v) is 8.52. The van der Waals surface area contributed by atoms with E-state index in [9.17, 15) is 14.7 Å². The smallest absolute Gasteiger partial charge is 0.321 e. The van der Waals surface area contributed by atoms with Gasteiger partial charge in [-0.15, -0.1) is 0 Å². The van der Waals surface area contributed by atoms with E-state index in [1.807, 2.05) is 6.92 Å². The molecule has 24 heavy (non-hydrogen) atoms. The number of fused-ring (bicyclic) bond motifs is 1. The fraction of sp³-hybridized carbons (Fsp3) is 0.500. The Hall–Kier alpha value is -1.34. The number of halogens is 2. The van der Waals surface area contributed by atoms with Crippen LogP contribution in [0.25, 0.3) is 0 Å². The van der Waals surface area contributed by atoms with Crippen molar-refractivity contribution in [3.05, 3.63) is 33.3 Å². The number of rotatable bonds is 5. The van der Waals surface area contributed by atoms with E-state index >= 15 is 0 Å². The topological polar surface area (TPSA) is 81.7 Å². The lowest BCUT2D eigenvalue weighted by Crippen LogP contribution is -2.45. The molecule has 1 aromatic carbocycles. The van der Waals surface area contributed by atoms with E-state index in [2.05, 4.69) is 10.6 Å². The SMILES string of the molecule is CCCNC(=O)NC(=O)CN(C)[C@@H]1c2cc(Cl)cc(Cl)c2C[C@H]1O. The molecule has 1 aliphatic carbocycles. The van der Waals surface area contributed by atoms with Crippen LogP contribution in [0.4, 0.5) is 4.79 Å². The van der Waals surface area contributed by atoms with Gasteiger partial charge in [0.05, 0.1) is 18.7 Å². The monoisotopic (exact) mass is 373 g/mol. The van der Waals surface area contributed by atoms with Gasteiger partial charge in [-0.05, 0) is 36.7 Å². The highest BCUT2D eigenvalue weighted by molar-refractivity contribution is 6.35. The Balaban J connectivity index is 2.04. The van der Waals surface area contributed by atoms with Gasteiger partial charge in [-0.3, -0.25) is 15.0 Å². The largest absolute Gasteiger partial charge is 0.391 e. The van der Waals surface area contributed by atoms with Crippen LogP contribution in [0.15, 0.2) is 12.1 Å². The molecule has 0 heterocycles. The predicted molar refractivity (Wildman–Crippen MR) is 93.4 cm³/mol. The molecule has 0 unspecified atom stereocenters. The Morgan fingerprint density at radius 3 is 2.75 bits per heavy atom. The molecular weight excluding hydrogens is 353 g/mol. The number of carbonyl (C=O) groups is 2. The second-order valence-corrected chi connectivity index (χ2v) is 6.73. The molecular formula is C16H21Cl2N3O3. The molecule has 8 heteroatoms. The Morgan fingerprint density at radius 2 is 2.08 bits per heavy atom. The number of hydrogen-bond acceptors (Lipinski definition) is 4. The summed E-state index contributed by atoms with van der Waals surface area (Å²) >= 11 is 12.2. The number of urea groups is 1. The summed E-state index contributed by atoms with van der Waals surface area (Å²) in [5.41, 5.74) is 1.65. The molecule has 0 fully saturated rings. The maximum Gasteiger partial charge on any atom is 0.321 e. The number of nitrogens with one attached hydrogen (secondary N) is 2. The van der Waals surface area contributed by atoms with E-state index in [1.54, 1.807) is 24.1 Å². The molecule has 132 valence electrons. The number of hydrogen-bond donors (Lipinski definition) is 3. The Bertz CT molecular complexity index is 639. The highest BCUT2D eigenvalue weighted by Crippen LogP contribution is 2.40. The normalized spacial score (nSPS) is 19.2. The average molecular weight is 374 g/mol. The first kappa shape index (κ1) is 19.0. The predicted octanol–water partition coefficient (Wildman–Crippen LogP) is 2.12. The van der Waals surface area contributed by atoms with Crippen LogP contribution >= 0.6 is 23.2 Å². The lowest BCUT2D eigenvalue weighted by Gasteiger charge is -2.27. The third-order valence-electron chi connectivity index (χ3n) is 3.95. The molecule has 2 rings (SSSR count). The van der Waals surface area contributed by atoms with E-state index in [1.165, 1.54) is 0 Å². The number of likely N-dealkylation sites (N-methyl/N-ethyl adjacent to an activating group) is 1. The van der Waals surface area contributed by atoms with Gasteiger partial charge in [0.15, 0.2) is 0 Å². The minimum Gasteiger partial charge on any atom is -0.391 e. The van der Waals surface area contributed by atoms with Crippen LogP contribution in [0.3, 0.4) is 0 Å². The van der Waals surface area contributed by atoms with Crippen molar-refractivity contribution in [3.8, 4) is 0 Å². The van der Waals surface area contributed by atoms with Gasteiger partial charge in [-0.2, -0.15) is 0 Å². The van der Waals surface area contributed by atoms with Gasteiger partial charge in [-0.1, -0.05) is 30.1 Å². The van der Waals surface area contributed by atoms with Crippen LogP contribution in [-0.4, -0.2) is 48.2 Å². The molecule has 0 saturated heterocycles. The molecule has 0 aromatic heterocycles. The van der Waals surface area contributed by atoms with Crippen LogP contribution in [-0.2, 0) is 11.2 Å². The van der Waals surface area contributed by atoms with Gasteiger partial charge in [0, 0.05) is 23.0 Å². The maximum atomic E-state index is 12.0. The van der Waals surface area contributed by atoms with Gasteiger partial charge in [0.1, 0.15) is 0 Å². The van der Waals surface area contributed by atoms with Crippen molar-refractivity contribution < 1.29 is 14.7 Å². The molecule has 1 aliphatic rings. The van der Waals surface area contributed by atoms with Crippen LogP contribution in [0.5, 0.6) is 0 Å². The summed E-state index contributed by atoms with van der Waals surface area (Å²) in [6, 6.07) is 2.47. The van der Waals surface area contributed by atoms with Crippen molar-refractivity contribution in [2.75, 3.05) is 20.1 Å². The number of nitrogens with zero attached hydrogens (tertiary/aromatic N) is 1. The van der Waals surface area contributed by atoms with Crippen molar-refractivity contribution >= 4 is 35.1 Å². The van der Waals surface area contributed by atoms with E-state index < -0.39 is 24.1 Å². The minimum absolute atomic E-state index is 0.0369. The first-order chi connectivity index (χ1) is 11.3. The van der Waals surface area contributed by atoms with Crippen molar-refractivity contribution in [2.24, 2.45) is 0 Å². The minimum atomic E-state index is -0.692. The summed E-state index contributed by atoms with van der Waals surface area (Å²) in [5.74, 6) is -0.445. The zero-order valence-corrected chi connectivity index (χ0v) is 15.1. The Labute approximate surface area is 151 Å². The number of amides is 3. The molecule has 3 amide bonds. The lowest BCUT2D eigenvalue weighted by atomic mass is 10.1. The molecule has 0 saturated carbocycles. The summed E-state index contributed by atoms with van der Waals surface area (Å²) in [4.78, 5) is 25.2. The third-order valence-corrected chi connectivity index (χ3v) is 4.50. The van der Waals surface area contributed by atoms with Gasteiger partial charge in [0.2, 0.25) is 5.91 Å². The van der Waals surface area contributed by atoms with Crippen molar-refractivity contribution in [1.29, 1.82) is 0 Å². The second kappa shape index (κ2) is 8.16. The second-order valence-electron chi connectivity index (χ2n) is 5.89. The average Bonchev–Trinajstić information content (AvgIpc) is 2.81. The highest BCUT2D eigenvalue weighted by Gasteiger charge is 2.36. The summed E-state index contributed by atoms with van der Waals surface area (Å²) in [6.45, 7) is 2.39. The third kappa shape index (κ3) is 4.39. The van der Waals surface area contributed by atoms with Gasteiger partial charge >= 0.3 is 6.03 Å². The summed E-state index contributed by atoms with van der Waals surface area (Å²) in [5, 5.41) is 16.2. The van der Waals surface area contributed by atoms with Gasteiger partial charge < -0.3 is 10.4 Å². The van der Waals surface area contributed by atoms with E-state index in [0.717, 1.165) is 17.5 Å². The molecule has 3 N–H and O–H groups in total. The highest BCUT2D eigenvalue weighted by atomic mass is 35.5. The van der Waals surface area contributed by atoms with Crippen LogP contribution in [0, 0.1) is 0 Å². The van der Waals surface area contributed by atoms with E-state index in [0.29, 0.717) is 23.0 Å². The molecule has 0 radical (unpaired) electrons. The van der Waals surface area contributed by atoms with Gasteiger partial charge in [-0.25, -0.2) is 4.79 Å². The summed E-state index contributed by atoms with van der Waals surface area (Å²) in [7, 11) is 1.71. The quantitative estimate of drug-likeness (QED) is 0.738.